The summed E-state index contributed by atoms with van der Waals surface area (Å²) in [5.41, 5.74) is 7.73. The zero-order valence-corrected chi connectivity index (χ0v) is 13.5. The highest BCUT2D eigenvalue weighted by atomic mass is 15.0. The van der Waals surface area contributed by atoms with Gasteiger partial charge in [0.25, 0.3) is 0 Å². The standard InChI is InChI=1S/C14H27N2.C2H6/c1-6-13(2,3)14(4,5)12-8-7-10-16(12)11-9-15;1-2/h7,10H,6,8-9,11,15H2,1-5H3;1-2H3/q+1;. The normalized spacial score (nSPS) is 15.8. The van der Waals surface area contributed by atoms with Gasteiger partial charge >= 0.3 is 0 Å². The van der Waals surface area contributed by atoms with Crippen LogP contribution < -0.4 is 5.73 Å². The number of allylic oxidation sites excluding steroid dienone is 1. The fraction of sp³-hybridized carbons (Fsp3) is 0.812. The van der Waals surface area contributed by atoms with Crippen molar-refractivity contribution in [3.8, 4) is 0 Å². The Labute approximate surface area is 114 Å². The monoisotopic (exact) mass is 253 g/mol. The van der Waals surface area contributed by atoms with Gasteiger partial charge in [0.15, 0.2) is 18.5 Å². The highest BCUT2D eigenvalue weighted by Gasteiger charge is 2.44. The lowest BCUT2D eigenvalue weighted by Gasteiger charge is -2.39. The van der Waals surface area contributed by atoms with Crippen molar-refractivity contribution >= 4 is 5.71 Å². The van der Waals surface area contributed by atoms with E-state index in [1.807, 2.05) is 13.8 Å². The molecule has 0 atom stereocenters. The van der Waals surface area contributed by atoms with E-state index in [0.29, 0.717) is 5.41 Å². The Morgan fingerprint density at radius 2 is 1.78 bits per heavy atom. The summed E-state index contributed by atoms with van der Waals surface area (Å²) in [6.07, 6.45) is 6.71. The highest BCUT2D eigenvalue weighted by Crippen LogP contribution is 2.43. The topological polar surface area (TPSA) is 29.0 Å². The maximum Gasteiger partial charge on any atom is 0.167 e. The zero-order valence-electron chi connectivity index (χ0n) is 13.5. The molecule has 0 radical (unpaired) electrons. The predicted molar refractivity (Wildman–Crippen MR) is 82.1 cm³/mol. The second-order valence-corrected chi connectivity index (χ2v) is 5.88. The number of nitrogens with zero attached hydrogens (tertiary/aromatic N) is 1. The second-order valence-electron chi connectivity index (χ2n) is 5.88. The van der Waals surface area contributed by atoms with Crippen molar-refractivity contribution in [2.45, 2.75) is 61.3 Å². The summed E-state index contributed by atoms with van der Waals surface area (Å²) >= 11 is 0. The molecule has 1 heterocycles. The van der Waals surface area contributed by atoms with Crippen molar-refractivity contribution in [1.82, 2.24) is 0 Å². The van der Waals surface area contributed by atoms with Gasteiger partial charge in [0.1, 0.15) is 0 Å². The number of nitrogens with two attached hydrogens (primary N) is 1. The molecule has 106 valence electrons. The first-order chi connectivity index (χ1) is 8.36. The molecule has 0 saturated heterocycles. The fourth-order valence-corrected chi connectivity index (χ4v) is 2.29. The third-order valence-corrected chi connectivity index (χ3v) is 4.61. The molecule has 18 heavy (non-hydrogen) atoms. The minimum Gasteiger partial charge on any atom is -0.325 e. The summed E-state index contributed by atoms with van der Waals surface area (Å²) in [7, 11) is 0. The van der Waals surface area contributed by atoms with Crippen LogP contribution in [0.1, 0.15) is 61.3 Å². The van der Waals surface area contributed by atoms with Crippen LogP contribution in [0.5, 0.6) is 0 Å². The zero-order chi connectivity index (χ0) is 14.4. The average Bonchev–Trinajstić information content (AvgIpc) is 2.81. The Hall–Kier alpha value is -0.630. The predicted octanol–water partition coefficient (Wildman–Crippen LogP) is 3.80. The Kier molecular flexibility index (Phi) is 6.83. The van der Waals surface area contributed by atoms with E-state index in [0.717, 1.165) is 19.5 Å². The van der Waals surface area contributed by atoms with E-state index in [9.17, 15) is 0 Å². The molecule has 2 heteroatoms. The van der Waals surface area contributed by atoms with E-state index in [-0.39, 0.29) is 5.41 Å². The van der Waals surface area contributed by atoms with Crippen molar-refractivity contribution in [3.63, 3.8) is 0 Å². The summed E-state index contributed by atoms with van der Waals surface area (Å²) in [6.45, 7) is 17.4. The molecule has 0 amide bonds. The summed E-state index contributed by atoms with van der Waals surface area (Å²) < 4.78 is 2.34. The van der Waals surface area contributed by atoms with Gasteiger partial charge in [-0.05, 0) is 31.8 Å². The van der Waals surface area contributed by atoms with Crippen LogP contribution in [0.3, 0.4) is 0 Å². The average molecular weight is 253 g/mol. The molecule has 1 aliphatic rings. The summed E-state index contributed by atoms with van der Waals surface area (Å²) in [5, 5.41) is 0. The number of hydrogen-bond acceptors (Lipinski definition) is 1. The van der Waals surface area contributed by atoms with Gasteiger partial charge in [-0.15, -0.1) is 0 Å². The molecule has 2 N–H and O–H groups in total. The largest absolute Gasteiger partial charge is 0.325 e. The second kappa shape index (κ2) is 7.08. The lowest BCUT2D eigenvalue weighted by Crippen LogP contribution is -2.42. The van der Waals surface area contributed by atoms with Gasteiger partial charge in [-0.1, -0.05) is 34.6 Å². The van der Waals surface area contributed by atoms with E-state index >= 15 is 0 Å². The third kappa shape index (κ3) is 3.44. The fourth-order valence-electron chi connectivity index (χ4n) is 2.29. The van der Waals surface area contributed by atoms with Crippen molar-refractivity contribution in [2.24, 2.45) is 16.6 Å². The van der Waals surface area contributed by atoms with Crippen molar-refractivity contribution in [3.05, 3.63) is 12.3 Å². The first kappa shape index (κ1) is 17.4. The minimum atomic E-state index is 0.223. The summed E-state index contributed by atoms with van der Waals surface area (Å²) in [4.78, 5) is 0. The molecule has 0 spiro atoms. The van der Waals surface area contributed by atoms with Crippen LogP contribution in [-0.4, -0.2) is 23.4 Å². The van der Waals surface area contributed by atoms with Crippen LogP contribution in [0, 0.1) is 10.8 Å². The quantitative estimate of drug-likeness (QED) is 0.742. The van der Waals surface area contributed by atoms with Gasteiger partial charge in [0.05, 0.1) is 18.4 Å². The maximum absolute atomic E-state index is 5.67. The van der Waals surface area contributed by atoms with Crippen molar-refractivity contribution in [1.29, 1.82) is 0 Å². The minimum absolute atomic E-state index is 0.223. The Morgan fingerprint density at radius 1 is 1.22 bits per heavy atom. The van der Waals surface area contributed by atoms with E-state index in [1.54, 1.807) is 0 Å². The first-order valence-corrected chi connectivity index (χ1v) is 7.36. The molecule has 0 unspecified atom stereocenters. The molecule has 1 aliphatic heterocycles. The molecule has 2 nitrogen and oxygen atoms in total. The molecule has 0 aromatic rings. The maximum atomic E-state index is 5.67. The van der Waals surface area contributed by atoms with E-state index in [1.165, 1.54) is 12.1 Å². The van der Waals surface area contributed by atoms with Crippen molar-refractivity contribution < 1.29 is 4.58 Å². The summed E-state index contributed by atoms with van der Waals surface area (Å²) in [5.74, 6) is 0. The van der Waals surface area contributed by atoms with Crippen LogP contribution >= 0.6 is 0 Å². The van der Waals surface area contributed by atoms with Crippen molar-refractivity contribution in [2.75, 3.05) is 13.1 Å². The first-order valence-electron chi connectivity index (χ1n) is 7.36. The Bertz CT molecular complexity index is 309. The van der Waals surface area contributed by atoms with E-state index < -0.39 is 0 Å². The molecule has 0 aromatic heterocycles. The lowest BCUT2D eigenvalue weighted by molar-refractivity contribution is -0.456. The SMILES string of the molecule is CC.CCC(C)(C)C(C)(C)C1=[N+](CCN)C=CC1. The highest BCUT2D eigenvalue weighted by molar-refractivity contribution is 5.88. The molecule has 0 bridgehead atoms. The van der Waals surface area contributed by atoms with Gasteiger partial charge < -0.3 is 5.73 Å². The van der Waals surface area contributed by atoms with E-state index in [4.69, 9.17) is 5.73 Å². The molecule has 0 fully saturated rings. The van der Waals surface area contributed by atoms with Crippen LogP contribution in [0.2, 0.25) is 0 Å². The van der Waals surface area contributed by atoms with E-state index in [2.05, 4.69) is 51.5 Å². The van der Waals surface area contributed by atoms with Crippen LogP contribution in [0.4, 0.5) is 0 Å². The number of rotatable bonds is 5. The molecular weight excluding hydrogens is 220 g/mol. The molecule has 1 rings (SSSR count). The molecule has 0 saturated carbocycles. The van der Waals surface area contributed by atoms with Gasteiger partial charge in [-0.3, -0.25) is 0 Å². The van der Waals surface area contributed by atoms with Gasteiger partial charge in [-0.2, -0.15) is 0 Å². The van der Waals surface area contributed by atoms with Gasteiger partial charge in [0, 0.05) is 0 Å². The lowest BCUT2D eigenvalue weighted by atomic mass is 9.63. The Balaban J connectivity index is 0.00000137. The van der Waals surface area contributed by atoms with Gasteiger partial charge in [-0.25, -0.2) is 4.58 Å². The summed E-state index contributed by atoms with van der Waals surface area (Å²) in [6, 6.07) is 0. The van der Waals surface area contributed by atoms with Crippen LogP contribution in [0.15, 0.2) is 12.3 Å². The molecular formula is C16H33N2+. The smallest absolute Gasteiger partial charge is 0.167 e. The van der Waals surface area contributed by atoms with Crippen LogP contribution in [-0.2, 0) is 0 Å². The third-order valence-electron chi connectivity index (χ3n) is 4.61. The number of hydrogen-bond donors (Lipinski definition) is 1. The molecule has 0 aliphatic carbocycles. The van der Waals surface area contributed by atoms with Crippen LogP contribution in [0.25, 0.3) is 0 Å². The Morgan fingerprint density at radius 3 is 2.22 bits per heavy atom. The molecule has 0 aromatic carbocycles. The van der Waals surface area contributed by atoms with Gasteiger partial charge in [0.2, 0.25) is 0 Å².